The lowest BCUT2D eigenvalue weighted by atomic mass is 10.1. The molecule has 12 nitrogen and oxygen atoms in total. The Labute approximate surface area is 537 Å². The Kier molecular flexibility index (Phi) is 41.7. The molecule has 0 amide bonds. The summed E-state index contributed by atoms with van der Waals surface area (Å²) < 4.78 is 75.8. The zero-order valence-corrected chi connectivity index (χ0v) is 53.2. The fraction of sp³-hybridized carbons (Fsp3) is 0.217. The zero-order valence-electron chi connectivity index (χ0n) is 50.9. The van der Waals surface area contributed by atoms with Crippen molar-refractivity contribution in [2.75, 3.05) is 21.3 Å². The zero-order chi connectivity index (χ0) is 66.6. The molecule has 89 heavy (non-hydrogen) atoms. The molecule has 0 bridgehead atoms. The van der Waals surface area contributed by atoms with Gasteiger partial charge in [0.25, 0.3) is 0 Å². The van der Waals surface area contributed by atoms with Crippen LogP contribution in [0, 0.1) is 25.5 Å². The Bertz CT molecular complexity index is 3200. The van der Waals surface area contributed by atoms with E-state index in [0.29, 0.717) is 68.0 Å². The maximum Gasteiger partial charge on any atom is 0.416 e. The van der Waals surface area contributed by atoms with Crippen LogP contribution in [0.15, 0.2) is 206 Å². The van der Waals surface area contributed by atoms with Crippen molar-refractivity contribution in [1.82, 2.24) is 0 Å². The molecule has 20 heteroatoms. The molecule has 9 rings (SSSR count). The first-order valence-corrected chi connectivity index (χ1v) is 28.8. The molecule has 0 aliphatic heterocycles. The second-order valence-corrected chi connectivity index (χ2v) is 19.9. The molecular formula is C69H85Cl3F5N9O3. The predicted octanol–water partition coefficient (Wildman–Crippen LogP) is 14.2. The van der Waals surface area contributed by atoms with Crippen molar-refractivity contribution < 1.29 is 36.2 Å². The summed E-state index contributed by atoms with van der Waals surface area (Å²) in [5.41, 5.74) is 59.1. The third-order valence-electron chi connectivity index (χ3n) is 12.0. The van der Waals surface area contributed by atoms with Crippen LogP contribution in [0.2, 0.25) is 15.1 Å². The molecule has 18 N–H and O–H groups in total. The molecule has 0 saturated heterocycles. The van der Waals surface area contributed by atoms with Crippen molar-refractivity contribution in [3.05, 3.63) is 300 Å². The number of alkyl halides is 3. The molecule has 0 heterocycles. The molecule has 480 valence electrons. The summed E-state index contributed by atoms with van der Waals surface area (Å²) in [7, 11) is 4.87. The van der Waals surface area contributed by atoms with Crippen molar-refractivity contribution in [2.24, 2.45) is 51.6 Å². The van der Waals surface area contributed by atoms with E-state index in [1.54, 1.807) is 63.8 Å². The number of aryl methyl sites for hydroxylation is 2. The number of halogens is 8. The van der Waals surface area contributed by atoms with Crippen LogP contribution < -0.4 is 65.8 Å². The molecule has 0 saturated carbocycles. The largest absolute Gasteiger partial charge is 0.497 e. The molecular weight excluding hydrogens is 1200 g/mol. The second-order valence-electron chi connectivity index (χ2n) is 18.6. The average molecular weight is 1290 g/mol. The molecule has 0 aromatic heterocycles. The highest BCUT2D eigenvalue weighted by Gasteiger charge is 2.30. The van der Waals surface area contributed by atoms with Gasteiger partial charge in [-0.1, -0.05) is 168 Å². The van der Waals surface area contributed by atoms with Gasteiger partial charge in [0.1, 0.15) is 17.4 Å². The average Bonchev–Trinajstić information content (AvgIpc) is 3.69. The third kappa shape index (κ3) is 34.8. The lowest BCUT2D eigenvalue weighted by Crippen LogP contribution is -2.06. The normalized spacial score (nSPS) is 9.87. The number of benzene rings is 9. The van der Waals surface area contributed by atoms with E-state index in [-0.39, 0.29) is 18.2 Å². The molecule has 0 unspecified atom stereocenters. The Morgan fingerprint density at radius 3 is 1.19 bits per heavy atom. The minimum Gasteiger partial charge on any atom is -0.497 e. The minimum atomic E-state index is -4.27. The van der Waals surface area contributed by atoms with E-state index in [4.69, 9.17) is 101 Å². The van der Waals surface area contributed by atoms with Crippen LogP contribution in [0.25, 0.3) is 0 Å². The minimum absolute atomic E-state index is 0.129. The summed E-state index contributed by atoms with van der Waals surface area (Å²) in [5.74, 6) is 1.89. The quantitative estimate of drug-likeness (QED) is 0.0517. The number of hydrogen-bond acceptors (Lipinski definition) is 12. The SMILES string of the molecule is COc1ccc(CN)cc1.COc1ccc(CN)cc1OC.Cc1cccc(CN)c1.Cc1ccccc1CN.NCc1ccc(Cl)c(Cl)c1.NCc1ccc(Cl)cc1.NCc1ccc(F)cc1.NCc1cccc(C(F)(F)F)c1.NCc1cccc(F)c1. The molecule has 9 aromatic carbocycles. The van der Waals surface area contributed by atoms with Gasteiger partial charge < -0.3 is 65.8 Å². The Balaban J connectivity index is 0.000000502. The number of ether oxygens (including phenoxy) is 3. The lowest BCUT2D eigenvalue weighted by molar-refractivity contribution is -0.137. The van der Waals surface area contributed by atoms with Crippen LogP contribution in [0.1, 0.15) is 66.8 Å². The standard InChI is InChI=1S/C9H13NO2.C8H8F3N.C8H11NO.2C8H11N.C7H7Cl2N.C7H8ClN.2C7H8FN/c1-11-8-4-3-7(6-10)5-9(8)12-2;9-8(10,11)7-3-1-2-6(4-7)5-12;1-10-8-4-2-7(6-9)3-5-8;1-7-3-2-4-8(5-7)6-9;1-7-4-2-3-5-8(7)6-9;8-6-2-1-5(4-10)3-7(6)9;2*8-7-3-1-6(5-9)2-4-7;8-7-3-1-2-6(4-7)5-9/h3-5H,6,10H2,1-2H3;1-4H,5,12H2;2-5H,6,9H2,1H3;2*2-5H,6,9H2,1H3;1-3H,4,10H2;3*1-4H,5,9H2. The molecule has 0 atom stereocenters. The van der Waals surface area contributed by atoms with Crippen LogP contribution >= 0.6 is 34.8 Å². The summed E-state index contributed by atoms with van der Waals surface area (Å²) in [5, 5.41) is 1.88. The highest BCUT2D eigenvalue weighted by atomic mass is 35.5. The van der Waals surface area contributed by atoms with E-state index in [0.717, 1.165) is 67.8 Å². The lowest BCUT2D eigenvalue weighted by Gasteiger charge is -2.07. The maximum atomic E-state index is 12.3. The van der Waals surface area contributed by atoms with Gasteiger partial charge in [-0.3, -0.25) is 0 Å². The van der Waals surface area contributed by atoms with E-state index in [1.807, 2.05) is 97.1 Å². The topological polar surface area (TPSA) is 262 Å². The number of nitrogens with two attached hydrogens (primary N) is 9. The molecule has 0 spiro atoms. The van der Waals surface area contributed by atoms with E-state index in [9.17, 15) is 22.0 Å². The van der Waals surface area contributed by atoms with Crippen LogP contribution in [0.3, 0.4) is 0 Å². The van der Waals surface area contributed by atoms with Crippen LogP contribution in [0.4, 0.5) is 22.0 Å². The fourth-order valence-corrected chi connectivity index (χ4v) is 7.34. The van der Waals surface area contributed by atoms with Gasteiger partial charge in [0.2, 0.25) is 0 Å². The van der Waals surface area contributed by atoms with Crippen LogP contribution in [0.5, 0.6) is 17.2 Å². The smallest absolute Gasteiger partial charge is 0.416 e. The van der Waals surface area contributed by atoms with Gasteiger partial charge >= 0.3 is 6.18 Å². The van der Waals surface area contributed by atoms with Gasteiger partial charge in [-0.25, -0.2) is 8.78 Å². The van der Waals surface area contributed by atoms with Gasteiger partial charge in [0.05, 0.1) is 36.9 Å². The Morgan fingerprint density at radius 1 is 0.348 bits per heavy atom. The van der Waals surface area contributed by atoms with Crippen molar-refractivity contribution in [2.45, 2.75) is 78.9 Å². The van der Waals surface area contributed by atoms with Crippen molar-refractivity contribution >= 4 is 34.8 Å². The molecule has 9 aromatic rings. The first-order chi connectivity index (χ1) is 42.6. The predicted molar refractivity (Wildman–Crippen MR) is 358 cm³/mol. The first-order valence-electron chi connectivity index (χ1n) is 27.7. The number of methoxy groups -OCH3 is 3. The van der Waals surface area contributed by atoms with Gasteiger partial charge in [-0.2, -0.15) is 13.2 Å². The Hall–Kier alpha value is -7.46. The summed E-state index contributed by atoms with van der Waals surface area (Å²) in [4.78, 5) is 0. The van der Waals surface area contributed by atoms with Crippen LogP contribution in [-0.2, 0) is 65.1 Å². The highest BCUT2D eigenvalue weighted by molar-refractivity contribution is 6.42. The molecule has 0 fully saturated rings. The molecule has 0 aliphatic rings. The summed E-state index contributed by atoms with van der Waals surface area (Å²) in [6.07, 6.45) is -4.27. The number of rotatable bonds is 12. The van der Waals surface area contributed by atoms with Gasteiger partial charge in [-0.05, 0) is 148 Å². The van der Waals surface area contributed by atoms with Gasteiger partial charge in [-0.15, -0.1) is 0 Å². The summed E-state index contributed by atoms with van der Waals surface area (Å²) in [6, 6.07) is 60.1. The van der Waals surface area contributed by atoms with Crippen molar-refractivity contribution in [3.8, 4) is 17.2 Å². The van der Waals surface area contributed by atoms with E-state index >= 15 is 0 Å². The monoisotopic (exact) mass is 1290 g/mol. The Morgan fingerprint density at radius 2 is 0.775 bits per heavy atom. The fourth-order valence-electron chi connectivity index (χ4n) is 6.89. The van der Waals surface area contributed by atoms with E-state index in [1.165, 1.54) is 52.6 Å². The number of hydrogen-bond donors (Lipinski definition) is 9. The van der Waals surface area contributed by atoms with E-state index in [2.05, 4.69) is 38.1 Å². The van der Waals surface area contributed by atoms with Gasteiger partial charge in [0, 0.05) is 63.9 Å². The van der Waals surface area contributed by atoms with Crippen molar-refractivity contribution in [1.29, 1.82) is 0 Å². The summed E-state index contributed by atoms with van der Waals surface area (Å²) >= 11 is 17.0. The first kappa shape index (κ1) is 79.6. The maximum absolute atomic E-state index is 12.3. The molecule has 0 radical (unpaired) electrons. The molecule has 0 aliphatic carbocycles. The summed E-state index contributed by atoms with van der Waals surface area (Å²) in [6.45, 7) is 8.61. The van der Waals surface area contributed by atoms with Crippen LogP contribution in [-0.4, -0.2) is 21.3 Å². The second kappa shape index (κ2) is 46.6. The highest BCUT2D eigenvalue weighted by Crippen LogP contribution is 2.30. The van der Waals surface area contributed by atoms with Gasteiger partial charge in [0.15, 0.2) is 11.5 Å². The van der Waals surface area contributed by atoms with Crippen molar-refractivity contribution in [3.63, 3.8) is 0 Å². The third-order valence-corrected chi connectivity index (χ3v) is 13.0. The van der Waals surface area contributed by atoms with E-state index < -0.39 is 11.7 Å².